The van der Waals surface area contributed by atoms with Crippen LogP contribution < -0.4 is 5.32 Å². The Bertz CT molecular complexity index is 551. The van der Waals surface area contributed by atoms with E-state index in [0.29, 0.717) is 13.0 Å². The molecule has 0 bridgehead atoms. The van der Waals surface area contributed by atoms with E-state index in [1.54, 1.807) is 0 Å². The summed E-state index contributed by atoms with van der Waals surface area (Å²) in [6.45, 7) is 2.52. The van der Waals surface area contributed by atoms with Gasteiger partial charge in [0, 0.05) is 16.2 Å². The number of aliphatic hydroxyl groups excluding tert-OH is 1. The fourth-order valence-electron chi connectivity index (χ4n) is 1.94. The van der Waals surface area contributed by atoms with Crippen molar-refractivity contribution in [2.45, 2.75) is 32.4 Å². The summed E-state index contributed by atoms with van der Waals surface area (Å²) in [6.07, 6.45) is 0.820. The Hall–Kier alpha value is -1.65. The third-order valence-corrected chi connectivity index (χ3v) is 4.14. The van der Waals surface area contributed by atoms with E-state index in [1.165, 1.54) is 11.3 Å². The van der Waals surface area contributed by atoms with Gasteiger partial charge in [0.15, 0.2) is 0 Å². The van der Waals surface area contributed by atoms with Crippen molar-refractivity contribution in [3.63, 3.8) is 0 Å². The molecular weight excluding hydrogens is 270 g/mol. The first kappa shape index (κ1) is 14.8. The maximum absolute atomic E-state index is 11.4. The van der Waals surface area contributed by atoms with Crippen molar-refractivity contribution < 1.29 is 9.90 Å². The average molecular weight is 289 g/mol. The number of rotatable bonds is 6. The molecule has 0 saturated heterocycles. The molecule has 0 aliphatic heterocycles. The van der Waals surface area contributed by atoms with Crippen molar-refractivity contribution in [2.24, 2.45) is 0 Å². The van der Waals surface area contributed by atoms with Gasteiger partial charge in [-0.3, -0.25) is 4.79 Å². The minimum atomic E-state index is -0.596. The smallest absolute Gasteiger partial charge is 0.220 e. The summed E-state index contributed by atoms with van der Waals surface area (Å²) >= 11 is 1.53. The minimum absolute atomic E-state index is 0.0751. The van der Waals surface area contributed by atoms with Gasteiger partial charge in [-0.2, -0.15) is 0 Å². The van der Waals surface area contributed by atoms with Crippen molar-refractivity contribution in [2.75, 3.05) is 0 Å². The van der Waals surface area contributed by atoms with Gasteiger partial charge >= 0.3 is 0 Å². The lowest BCUT2D eigenvalue weighted by molar-refractivity contribution is -0.121. The number of thiophene rings is 1. The maximum Gasteiger partial charge on any atom is 0.220 e. The number of hydrogen-bond acceptors (Lipinski definition) is 3. The molecule has 2 rings (SSSR count). The quantitative estimate of drug-likeness (QED) is 0.857. The highest BCUT2D eigenvalue weighted by Gasteiger charge is 2.12. The van der Waals surface area contributed by atoms with Crippen molar-refractivity contribution >= 4 is 17.2 Å². The fourth-order valence-corrected chi connectivity index (χ4v) is 2.90. The summed E-state index contributed by atoms with van der Waals surface area (Å²) in [5.41, 5.74) is 0.885. The van der Waals surface area contributed by atoms with Crippen LogP contribution in [0.25, 0.3) is 0 Å². The molecular formula is C16H19NO2S. The number of aliphatic hydroxyl groups is 1. The molecule has 106 valence electrons. The highest BCUT2D eigenvalue weighted by molar-refractivity contribution is 7.12. The van der Waals surface area contributed by atoms with Gasteiger partial charge in [0.25, 0.3) is 0 Å². The molecule has 2 aromatic rings. The summed E-state index contributed by atoms with van der Waals surface area (Å²) in [6, 6.07) is 13.5. The van der Waals surface area contributed by atoms with Gasteiger partial charge in [-0.1, -0.05) is 37.3 Å². The van der Waals surface area contributed by atoms with E-state index in [4.69, 9.17) is 0 Å². The number of carbonyl (C=O) groups excluding carboxylic acids is 1. The number of carbonyl (C=O) groups is 1. The lowest BCUT2D eigenvalue weighted by Crippen LogP contribution is -2.21. The van der Waals surface area contributed by atoms with E-state index in [0.717, 1.165) is 21.7 Å². The fraction of sp³-hybridized carbons (Fsp3) is 0.312. The molecule has 0 aliphatic carbocycles. The molecule has 1 unspecified atom stereocenters. The monoisotopic (exact) mass is 289 g/mol. The van der Waals surface area contributed by atoms with Crippen LogP contribution in [0, 0.1) is 0 Å². The van der Waals surface area contributed by atoms with Crippen LogP contribution in [0.1, 0.15) is 41.2 Å². The predicted molar refractivity (Wildman–Crippen MR) is 81.6 cm³/mol. The van der Waals surface area contributed by atoms with Gasteiger partial charge in [0.2, 0.25) is 5.91 Å². The van der Waals surface area contributed by atoms with Crippen LogP contribution in [0.2, 0.25) is 0 Å². The zero-order valence-electron chi connectivity index (χ0n) is 11.5. The van der Waals surface area contributed by atoms with Crippen LogP contribution in [0.4, 0.5) is 0 Å². The zero-order chi connectivity index (χ0) is 14.4. The standard InChI is InChI=1S/C16H19NO2S/c1-2-6-15(18)17-11-13-9-10-14(20-13)16(19)12-7-4-3-5-8-12/h3-5,7-10,16,19H,2,6,11H2,1H3,(H,17,18). The van der Waals surface area contributed by atoms with Gasteiger partial charge in [-0.05, 0) is 24.1 Å². The topological polar surface area (TPSA) is 49.3 Å². The van der Waals surface area contributed by atoms with Crippen molar-refractivity contribution in [3.05, 3.63) is 57.8 Å². The molecule has 1 atom stereocenters. The summed E-state index contributed by atoms with van der Waals surface area (Å²) in [4.78, 5) is 13.4. The lowest BCUT2D eigenvalue weighted by Gasteiger charge is -2.08. The van der Waals surface area contributed by atoms with Crippen molar-refractivity contribution in [3.8, 4) is 0 Å². The zero-order valence-corrected chi connectivity index (χ0v) is 12.3. The van der Waals surface area contributed by atoms with Crippen LogP contribution in [0.15, 0.2) is 42.5 Å². The second-order valence-corrected chi connectivity index (χ2v) is 5.84. The van der Waals surface area contributed by atoms with Gasteiger partial charge in [0.05, 0.1) is 6.54 Å². The maximum atomic E-state index is 11.4. The van der Waals surface area contributed by atoms with E-state index >= 15 is 0 Å². The minimum Gasteiger partial charge on any atom is -0.383 e. The molecule has 0 aliphatic rings. The molecule has 3 nitrogen and oxygen atoms in total. The second-order valence-electron chi connectivity index (χ2n) is 4.64. The number of nitrogens with one attached hydrogen (secondary N) is 1. The largest absolute Gasteiger partial charge is 0.383 e. The van der Waals surface area contributed by atoms with Gasteiger partial charge < -0.3 is 10.4 Å². The van der Waals surface area contributed by atoms with Crippen molar-refractivity contribution in [1.82, 2.24) is 5.32 Å². The van der Waals surface area contributed by atoms with Crippen LogP contribution in [-0.4, -0.2) is 11.0 Å². The third kappa shape index (κ3) is 3.92. The molecule has 0 radical (unpaired) electrons. The molecule has 1 amide bonds. The molecule has 1 aromatic heterocycles. The SMILES string of the molecule is CCCC(=O)NCc1ccc(C(O)c2ccccc2)s1. The Morgan fingerprint density at radius 3 is 2.70 bits per heavy atom. The molecule has 20 heavy (non-hydrogen) atoms. The Balaban J connectivity index is 1.97. The average Bonchev–Trinajstić information content (AvgIpc) is 2.94. The Morgan fingerprint density at radius 1 is 1.25 bits per heavy atom. The van der Waals surface area contributed by atoms with Crippen LogP contribution in [-0.2, 0) is 11.3 Å². The highest BCUT2D eigenvalue weighted by Crippen LogP contribution is 2.28. The molecule has 0 saturated carbocycles. The van der Waals surface area contributed by atoms with E-state index in [2.05, 4.69) is 5.32 Å². The molecule has 1 heterocycles. The first-order valence-electron chi connectivity index (χ1n) is 6.79. The molecule has 0 fully saturated rings. The van der Waals surface area contributed by atoms with Gasteiger partial charge in [-0.25, -0.2) is 0 Å². The van der Waals surface area contributed by atoms with E-state index in [-0.39, 0.29) is 5.91 Å². The summed E-state index contributed by atoms with van der Waals surface area (Å²) in [5, 5.41) is 13.2. The number of benzene rings is 1. The number of hydrogen-bond donors (Lipinski definition) is 2. The lowest BCUT2D eigenvalue weighted by atomic mass is 10.1. The van der Waals surface area contributed by atoms with Crippen LogP contribution in [0.3, 0.4) is 0 Å². The summed E-state index contributed by atoms with van der Waals surface area (Å²) < 4.78 is 0. The first-order valence-corrected chi connectivity index (χ1v) is 7.60. The highest BCUT2D eigenvalue weighted by atomic mass is 32.1. The van der Waals surface area contributed by atoms with Gasteiger partial charge in [0.1, 0.15) is 6.10 Å². The van der Waals surface area contributed by atoms with Crippen LogP contribution >= 0.6 is 11.3 Å². The summed E-state index contributed by atoms with van der Waals surface area (Å²) in [5.74, 6) is 0.0751. The molecule has 4 heteroatoms. The van der Waals surface area contributed by atoms with E-state index in [1.807, 2.05) is 49.4 Å². The molecule has 1 aromatic carbocycles. The van der Waals surface area contributed by atoms with Crippen LogP contribution in [0.5, 0.6) is 0 Å². The Labute approximate surface area is 123 Å². The normalized spacial score (nSPS) is 12.1. The van der Waals surface area contributed by atoms with Crippen molar-refractivity contribution in [1.29, 1.82) is 0 Å². The molecule has 0 spiro atoms. The number of amides is 1. The predicted octanol–water partition coefficient (Wildman–Crippen LogP) is 3.25. The first-order chi connectivity index (χ1) is 9.70. The van der Waals surface area contributed by atoms with E-state index in [9.17, 15) is 9.90 Å². The van der Waals surface area contributed by atoms with E-state index < -0.39 is 6.10 Å². The third-order valence-electron chi connectivity index (χ3n) is 3.00. The summed E-state index contributed by atoms with van der Waals surface area (Å²) in [7, 11) is 0. The Morgan fingerprint density at radius 2 is 2.00 bits per heavy atom. The Kier molecular flexibility index (Phi) is 5.32. The second kappa shape index (κ2) is 7.22. The van der Waals surface area contributed by atoms with Gasteiger partial charge in [-0.15, -0.1) is 11.3 Å². The molecule has 2 N–H and O–H groups in total.